The highest BCUT2D eigenvalue weighted by Crippen LogP contribution is 2.17. The van der Waals surface area contributed by atoms with Crippen LogP contribution in [0.5, 0.6) is 0 Å². The first-order valence-electron chi connectivity index (χ1n) is 5.18. The summed E-state index contributed by atoms with van der Waals surface area (Å²) < 4.78 is 5.42. The molecule has 1 aliphatic rings. The van der Waals surface area contributed by atoms with Gasteiger partial charge in [-0.3, -0.25) is 10.1 Å². The first-order chi connectivity index (χ1) is 7.16. The molecule has 1 amide bonds. The molecule has 1 aliphatic heterocycles. The maximum Gasteiger partial charge on any atom is 0.236 e. The monoisotopic (exact) mass is 210 g/mol. The topological polar surface area (TPSA) is 41.6 Å². The van der Waals surface area contributed by atoms with Crippen LogP contribution in [-0.2, 0) is 9.53 Å². The zero-order valence-electron chi connectivity index (χ0n) is 9.32. The number of likely N-dealkylation sites (N-methyl/N-ethyl adjacent to an activating group) is 1. The van der Waals surface area contributed by atoms with E-state index in [9.17, 15) is 4.79 Å². The van der Waals surface area contributed by atoms with E-state index in [4.69, 9.17) is 11.2 Å². The molecule has 0 aromatic carbocycles. The number of rotatable bonds is 4. The van der Waals surface area contributed by atoms with E-state index in [-0.39, 0.29) is 18.1 Å². The van der Waals surface area contributed by atoms with Crippen LogP contribution >= 0.6 is 0 Å². The van der Waals surface area contributed by atoms with Gasteiger partial charge in [-0.1, -0.05) is 5.92 Å². The zero-order valence-corrected chi connectivity index (χ0v) is 9.32. The maximum absolute atomic E-state index is 11.7. The normalized spacial score (nSPS) is 24.9. The summed E-state index contributed by atoms with van der Waals surface area (Å²) in [6, 6.07) is 0.199. The lowest BCUT2D eigenvalue weighted by Crippen LogP contribution is -2.44. The van der Waals surface area contributed by atoms with Crippen molar-refractivity contribution in [1.82, 2.24) is 10.2 Å². The zero-order chi connectivity index (χ0) is 11.3. The van der Waals surface area contributed by atoms with Crippen molar-refractivity contribution >= 4 is 5.91 Å². The van der Waals surface area contributed by atoms with Gasteiger partial charge < -0.3 is 9.64 Å². The minimum atomic E-state index is 0.0626. The number of terminal acetylenes is 1. The standard InChI is InChI=1S/C11H18N2O2/c1-4-6-12-8-11(14)13(3)10-5-7-15-9(10)2/h1,9-10,12H,5-8H2,2-3H3. The summed E-state index contributed by atoms with van der Waals surface area (Å²) >= 11 is 0. The molecule has 0 aliphatic carbocycles. The molecule has 1 fully saturated rings. The van der Waals surface area contributed by atoms with Crippen LogP contribution in [0.2, 0.25) is 0 Å². The Kier molecular flexibility index (Phi) is 4.60. The molecule has 1 N–H and O–H groups in total. The predicted molar refractivity (Wildman–Crippen MR) is 58.3 cm³/mol. The molecule has 84 valence electrons. The third-order valence-electron chi connectivity index (χ3n) is 2.73. The fraction of sp³-hybridized carbons (Fsp3) is 0.727. The number of nitrogens with zero attached hydrogens (tertiary/aromatic N) is 1. The Bertz CT molecular complexity index is 260. The Morgan fingerprint density at radius 1 is 1.73 bits per heavy atom. The van der Waals surface area contributed by atoms with Crippen LogP contribution in [0.4, 0.5) is 0 Å². The maximum atomic E-state index is 11.7. The second-order valence-electron chi connectivity index (χ2n) is 3.74. The molecule has 0 aromatic rings. The largest absolute Gasteiger partial charge is 0.376 e. The van der Waals surface area contributed by atoms with Gasteiger partial charge in [0.25, 0.3) is 0 Å². The van der Waals surface area contributed by atoms with Gasteiger partial charge in [-0.2, -0.15) is 0 Å². The molecule has 1 saturated heterocycles. The molecule has 0 aromatic heterocycles. The average Bonchev–Trinajstić information content (AvgIpc) is 2.63. The lowest BCUT2D eigenvalue weighted by atomic mass is 10.1. The quantitative estimate of drug-likeness (QED) is 0.518. The molecular formula is C11H18N2O2. The van der Waals surface area contributed by atoms with Crippen molar-refractivity contribution < 1.29 is 9.53 Å². The van der Waals surface area contributed by atoms with Gasteiger partial charge in [0.2, 0.25) is 5.91 Å². The van der Waals surface area contributed by atoms with Gasteiger partial charge >= 0.3 is 0 Å². The van der Waals surface area contributed by atoms with Crippen LogP contribution in [0.3, 0.4) is 0 Å². The summed E-state index contributed by atoms with van der Waals surface area (Å²) in [5.41, 5.74) is 0. The number of hydrogen-bond acceptors (Lipinski definition) is 3. The van der Waals surface area contributed by atoms with Crippen LogP contribution in [0, 0.1) is 12.3 Å². The fourth-order valence-electron chi connectivity index (χ4n) is 1.78. The van der Waals surface area contributed by atoms with Crippen LogP contribution in [-0.4, -0.2) is 49.7 Å². The molecule has 2 atom stereocenters. The van der Waals surface area contributed by atoms with Crippen molar-refractivity contribution in [3.8, 4) is 12.3 Å². The summed E-state index contributed by atoms with van der Waals surface area (Å²) in [6.07, 6.45) is 6.12. The molecule has 0 saturated carbocycles. The van der Waals surface area contributed by atoms with Gasteiger partial charge in [0, 0.05) is 13.7 Å². The predicted octanol–water partition coefficient (Wildman–Crippen LogP) is -0.155. The third kappa shape index (κ3) is 3.22. The number of ether oxygens (including phenoxy) is 1. The van der Waals surface area contributed by atoms with Gasteiger partial charge in [0.05, 0.1) is 25.2 Å². The van der Waals surface area contributed by atoms with E-state index in [0.29, 0.717) is 13.1 Å². The number of amides is 1. The van der Waals surface area contributed by atoms with Crippen LogP contribution in [0.25, 0.3) is 0 Å². The van der Waals surface area contributed by atoms with E-state index in [1.807, 2.05) is 14.0 Å². The van der Waals surface area contributed by atoms with E-state index in [1.165, 1.54) is 0 Å². The van der Waals surface area contributed by atoms with Gasteiger partial charge in [-0.05, 0) is 13.3 Å². The molecule has 0 radical (unpaired) electrons. The van der Waals surface area contributed by atoms with Gasteiger partial charge in [-0.25, -0.2) is 0 Å². The van der Waals surface area contributed by atoms with Crippen molar-refractivity contribution in [3.05, 3.63) is 0 Å². The first-order valence-corrected chi connectivity index (χ1v) is 5.18. The molecule has 4 heteroatoms. The SMILES string of the molecule is C#CCNCC(=O)N(C)C1CCOC1C. The summed E-state index contributed by atoms with van der Waals surface area (Å²) in [6.45, 7) is 3.46. The molecule has 0 spiro atoms. The van der Waals surface area contributed by atoms with Gasteiger partial charge in [-0.15, -0.1) is 6.42 Å². The van der Waals surface area contributed by atoms with E-state index in [2.05, 4.69) is 11.2 Å². The van der Waals surface area contributed by atoms with Crippen LogP contribution in [0.15, 0.2) is 0 Å². The number of nitrogens with one attached hydrogen (secondary N) is 1. The second kappa shape index (κ2) is 5.74. The fourth-order valence-corrected chi connectivity index (χ4v) is 1.78. The van der Waals surface area contributed by atoms with Crippen molar-refractivity contribution in [3.63, 3.8) is 0 Å². The second-order valence-corrected chi connectivity index (χ2v) is 3.74. The Morgan fingerprint density at radius 2 is 2.47 bits per heavy atom. The van der Waals surface area contributed by atoms with Crippen molar-refractivity contribution in [2.75, 3.05) is 26.7 Å². The number of carbonyl (C=O) groups is 1. The molecular weight excluding hydrogens is 192 g/mol. The van der Waals surface area contributed by atoms with Gasteiger partial charge in [0.1, 0.15) is 0 Å². The average molecular weight is 210 g/mol. The molecule has 15 heavy (non-hydrogen) atoms. The highest BCUT2D eigenvalue weighted by molar-refractivity contribution is 5.78. The number of hydrogen-bond donors (Lipinski definition) is 1. The highest BCUT2D eigenvalue weighted by Gasteiger charge is 2.30. The van der Waals surface area contributed by atoms with Crippen molar-refractivity contribution in [2.45, 2.75) is 25.5 Å². The Hall–Kier alpha value is -1.05. The van der Waals surface area contributed by atoms with E-state index < -0.39 is 0 Å². The van der Waals surface area contributed by atoms with Crippen molar-refractivity contribution in [1.29, 1.82) is 0 Å². The lowest BCUT2D eigenvalue weighted by Gasteiger charge is -2.26. The summed E-state index contributed by atoms with van der Waals surface area (Å²) in [4.78, 5) is 13.4. The molecule has 0 bridgehead atoms. The molecule has 4 nitrogen and oxygen atoms in total. The van der Waals surface area contributed by atoms with E-state index >= 15 is 0 Å². The van der Waals surface area contributed by atoms with Crippen LogP contribution < -0.4 is 5.32 Å². The summed E-state index contributed by atoms with van der Waals surface area (Å²) in [5, 5.41) is 2.89. The summed E-state index contributed by atoms with van der Waals surface area (Å²) in [5.74, 6) is 2.50. The van der Waals surface area contributed by atoms with Crippen LogP contribution in [0.1, 0.15) is 13.3 Å². The van der Waals surface area contributed by atoms with Gasteiger partial charge in [0.15, 0.2) is 0 Å². The Labute approximate surface area is 91.0 Å². The Morgan fingerprint density at radius 3 is 3.00 bits per heavy atom. The Balaban J connectivity index is 2.35. The molecule has 1 rings (SSSR count). The van der Waals surface area contributed by atoms with E-state index in [1.54, 1.807) is 4.90 Å². The van der Waals surface area contributed by atoms with Crippen molar-refractivity contribution in [2.24, 2.45) is 0 Å². The molecule has 1 heterocycles. The smallest absolute Gasteiger partial charge is 0.236 e. The first kappa shape index (κ1) is 12.0. The highest BCUT2D eigenvalue weighted by atomic mass is 16.5. The van der Waals surface area contributed by atoms with E-state index in [0.717, 1.165) is 13.0 Å². The molecule has 2 unspecified atom stereocenters. The number of carbonyl (C=O) groups excluding carboxylic acids is 1. The lowest BCUT2D eigenvalue weighted by molar-refractivity contribution is -0.131. The minimum absolute atomic E-state index is 0.0626. The third-order valence-corrected chi connectivity index (χ3v) is 2.73. The minimum Gasteiger partial charge on any atom is -0.376 e. The summed E-state index contributed by atoms with van der Waals surface area (Å²) in [7, 11) is 1.82.